The van der Waals surface area contributed by atoms with Crippen LogP contribution in [0.5, 0.6) is 5.75 Å². The number of rotatable bonds is 7. The standard InChI is InChI=1S/C18H23NO4/c1-23-15-8-3-2-5-11(15)9-12(18(21)22)10-19-17(20)16-13-6-4-7-14(13)16/h2-3,5,8,12-14,16H,4,6-7,9-10H2,1H3,(H,19,20)(H,21,22)/t12-,13-,14+,16?/m0/s1. The van der Waals surface area contributed by atoms with Gasteiger partial charge in [-0.25, -0.2) is 0 Å². The summed E-state index contributed by atoms with van der Waals surface area (Å²) < 4.78 is 5.27. The van der Waals surface area contributed by atoms with Gasteiger partial charge in [-0.3, -0.25) is 9.59 Å². The summed E-state index contributed by atoms with van der Waals surface area (Å²) in [5.74, 6) is 0.401. The number of nitrogens with one attached hydrogen (secondary N) is 1. The molecule has 0 spiro atoms. The van der Waals surface area contributed by atoms with Crippen LogP contribution in [0, 0.1) is 23.7 Å². The van der Waals surface area contributed by atoms with Gasteiger partial charge in [0.1, 0.15) is 5.75 Å². The van der Waals surface area contributed by atoms with Crippen molar-refractivity contribution in [1.29, 1.82) is 0 Å². The second-order valence-corrected chi connectivity index (χ2v) is 6.58. The molecule has 2 aliphatic carbocycles. The lowest BCUT2D eigenvalue weighted by molar-refractivity contribution is -0.141. The molecule has 0 aromatic heterocycles. The summed E-state index contributed by atoms with van der Waals surface area (Å²) in [5.41, 5.74) is 0.847. The molecular weight excluding hydrogens is 294 g/mol. The van der Waals surface area contributed by atoms with Crippen LogP contribution in [0.25, 0.3) is 0 Å². The molecule has 3 rings (SSSR count). The number of fused-ring (bicyclic) bond motifs is 1. The van der Waals surface area contributed by atoms with E-state index >= 15 is 0 Å². The van der Waals surface area contributed by atoms with Crippen molar-refractivity contribution in [2.75, 3.05) is 13.7 Å². The van der Waals surface area contributed by atoms with Crippen LogP contribution in [0.1, 0.15) is 24.8 Å². The summed E-state index contributed by atoms with van der Waals surface area (Å²) in [4.78, 5) is 23.7. The number of methoxy groups -OCH3 is 1. The zero-order valence-electron chi connectivity index (χ0n) is 13.3. The Bertz CT molecular complexity index is 590. The van der Waals surface area contributed by atoms with Crippen molar-refractivity contribution in [2.24, 2.45) is 23.7 Å². The molecule has 5 nitrogen and oxygen atoms in total. The minimum absolute atomic E-state index is 0.0333. The fourth-order valence-corrected chi connectivity index (χ4v) is 3.94. The van der Waals surface area contributed by atoms with Gasteiger partial charge in [0, 0.05) is 12.5 Å². The summed E-state index contributed by atoms with van der Waals surface area (Å²) in [6.07, 6.45) is 3.86. The zero-order chi connectivity index (χ0) is 16.4. The van der Waals surface area contributed by atoms with Crippen LogP contribution in [0.4, 0.5) is 0 Å². The Balaban J connectivity index is 1.57. The van der Waals surface area contributed by atoms with Crippen LogP contribution < -0.4 is 10.1 Å². The van der Waals surface area contributed by atoms with Gasteiger partial charge in [0.2, 0.25) is 5.91 Å². The average molecular weight is 317 g/mol. The molecule has 0 radical (unpaired) electrons. The van der Waals surface area contributed by atoms with E-state index in [1.165, 1.54) is 6.42 Å². The highest BCUT2D eigenvalue weighted by atomic mass is 16.5. The van der Waals surface area contributed by atoms with E-state index in [1.54, 1.807) is 7.11 Å². The fraction of sp³-hybridized carbons (Fsp3) is 0.556. The van der Waals surface area contributed by atoms with Crippen molar-refractivity contribution in [3.8, 4) is 5.75 Å². The predicted octanol–water partition coefficient (Wildman–Crippen LogP) is 2.10. The molecule has 1 amide bonds. The van der Waals surface area contributed by atoms with Crippen molar-refractivity contribution >= 4 is 11.9 Å². The van der Waals surface area contributed by atoms with Gasteiger partial charge < -0.3 is 15.2 Å². The quantitative estimate of drug-likeness (QED) is 0.807. The topological polar surface area (TPSA) is 75.6 Å². The number of ether oxygens (including phenoxy) is 1. The highest BCUT2D eigenvalue weighted by molar-refractivity contribution is 5.83. The molecule has 124 valence electrons. The highest BCUT2D eigenvalue weighted by Gasteiger charge is 2.56. The molecular formula is C18H23NO4. The Morgan fingerprint density at radius 2 is 2.00 bits per heavy atom. The van der Waals surface area contributed by atoms with Gasteiger partial charge >= 0.3 is 5.97 Å². The third-order valence-electron chi connectivity index (χ3n) is 5.24. The normalized spacial score (nSPS) is 26.2. The lowest BCUT2D eigenvalue weighted by Crippen LogP contribution is -2.35. The summed E-state index contributed by atoms with van der Waals surface area (Å²) in [6.45, 7) is 0.169. The van der Waals surface area contributed by atoms with Gasteiger partial charge in [-0.1, -0.05) is 24.6 Å². The largest absolute Gasteiger partial charge is 0.496 e. The summed E-state index contributed by atoms with van der Waals surface area (Å²) in [7, 11) is 1.57. The molecule has 1 aromatic rings. The van der Waals surface area contributed by atoms with Gasteiger partial charge in [-0.2, -0.15) is 0 Å². The number of amides is 1. The van der Waals surface area contributed by atoms with Gasteiger partial charge in [-0.05, 0) is 42.7 Å². The SMILES string of the molecule is COc1ccccc1C[C@@H](CNC(=O)C1[C@H]2CCC[C@@H]12)C(=O)O. The van der Waals surface area contributed by atoms with E-state index in [0.29, 0.717) is 24.0 Å². The first kappa shape index (κ1) is 15.8. The van der Waals surface area contributed by atoms with Gasteiger partial charge in [0.15, 0.2) is 0 Å². The van der Waals surface area contributed by atoms with Crippen molar-refractivity contribution in [3.05, 3.63) is 29.8 Å². The molecule has 0 aliphatic heterocycles. The molecule has 4 atom stereocenters. The number of carbonyl (C=O) groups is 2. The number of para-hydroxylation sites is 1. The average Bonchev–Trinajstić information content (AvgIpc) is 3.03. The van der Waals surface area contributed by atoms with Crippen molar-refractivity contribution in [1.82, 2.24) is 5.32 Å². The number of benzene rings is 1. The monoisotopic (exact) mass is 317 g/mol. The molecule has 2 N–H and O–H groups in total. The van der Waals surface area contributed by atoms with E-state index in [2.05, 4.69) is 5.32 Å². The maximum Gasteiger partial charge on any atom is 0.308 e. The van der Waals surface area contributed by atoms with E-state index in [-0.39, 0.29) is 18.4 Å². The third-order valence-corrected chi connectivity index (χ3v) is 5.24. The van der Waals surface area contributed by atoms with Crippen LogP contribution in [0.15, 0.2) is 24.3 Å². The molecule has 23 heavy (non-hydrogen) atoms. The molecule has 2 aliphatic rings. The summed E-state index contributed by atoms with van der Waals surface area (Å²) >= 11 is 0. The molecule has 5 heteroatoms. The molecule has 0 bridgehead atoms. The number of carbonyl (C=O) groups excluding carboxylic acids is 1. The molecule has 2 fully saturated rings. The van der Waals surface area contributed by atoms with E-state index in [4.69, 9.17) is 4.74 Å². The van der Waals surface area contributed by atoms with Gasteiger partial charge in [0.05, 0.1) is 13.0 Å². The van der Waals surface area contributed by atoms with E-state index in [0.717, 1.165) is 18.4 Å². The Kier molecular flexibility index (Phi) is 4.55. The second kappa shape index (κ2) is 6.60. The number of carboxylic acid groups (broad SMARTS) is 1. The first-order valence-corrected chi connectivity index (χ1v) is 8.24. The van der Waals surface area contributed by atoms with Crippen LogP contribution in [-0.4, -0.2) is 30.6 Å². The number of hydrogen-bond donors (Lipinski definition) is 2. The maximum absolute atomic E-state index is 12.2. The molecule has 1 unspecified atom stereocenters. The Morgan fingerprint density at radius 1 is 1.30 bits per heavy atom. The van der Waals surface area contributed by atoms with Crippen molar-refractivity contribution < 1.29 is 19.4 Å². The van der Waals surface area contributed by atoms with Crippen LogP contribution in [0.2, 0.25) is 0 Å². The number of carboxylic acids is 1. The molecule has 0 heterocycles. The first-order chi connectivity index (χ1) is 11.1. The van der Waals surface area contributed by atoms with Crippen molar-refractivity contribution in [3.63, 3.8) is 0 Å². The molecule has 0 saturated heterocycles. The van der Waals surface area contributed by atoms with Crippen molar-refractivity contribution in [2.45, 2.75) is 25.7 Å². The Morgan fingerprint density at radius 3 is 2.65 bits per heavy atom. The van der Waals surface area contributed by atoms with E-state index in [1.807, 2.05) is 24.3 Å². The highest BCUT2D eigenvalue weighted by Crippen LogP contribution is 2.57. The third kappa shape index (κ3) is 3.33. The Labute approximate surface area is 136 Å². The van der Waals surface area contributed by atoms with Gasteiger partial charge in [-0.15, -0.1) is 0 Å². The molecule has 1 aromatic carbocycles. The summed E-state index contributed by atoms with van der Waals surface area (Å²) in [5, 5.41) is 12.3. The van der Waals surface area contributed by atoms with Crippen LogP contribution in [0.3, 0.4) is 0 Å². The lowest BCUT2D eigenvalue weighted by atomic mass is 9.98. The molecule has 2 saturated carbocycles. The lowest BCUT2D eigenvalue weighted by Gasteiger charge is -2.16. The number of aliphatic carboxylic acids is 1. The fourth-order valence-electron chi connectivity index (χ4n) is 3.94. The zero-order valence-corrected chi connectivity index (χ0v) is 13.3. The summed E-state index contributed by atoms with van der Waals surface area (Å²) in [6, 6.07) is 7.40. The van der Waals surface area contributed by atoms with Crippen LogP contribution in [-0.2, 0) is 16.0 Å². The van der Waals surface area contributed by atoms with Gasteiger partial charge in [0.25, 0.3) is 0 Å². The predicted molar refractivity (Wildman–Crippen MR) is 85.2 cm³/mol. The minimum atomic E-state index is -0.896. The smallest absolute Gasteiger partial charge is 0.308 e. The van der Waals surface area contributed by atoms with Crippen LogP contribution >= 0.6 is 0 Å². The maximum atomic E-state index is 12.2. The first-order valence-electron chi connectivity index (χ1n) is 8.24. The number of hydrogen-bond acceptors (Lipinski definition) is 3. The Hall–Kier alpha value is -2.04. The van der Waals surface area contributed by atoms with E-state index < -0.39 is 11.9 Å². The minimum Gasteiger partial charge on any atom is -0.496 e. The van der Waals surface area contributed by atoms with E-state index in [9.17, 15) is 14.7 Å². The second-order valence-electron chi connectivity index (χ2n) is 6.58.